The van der Waals surface area contributed by atoms with Crippen LogP contribution in [0.15, 0.2) is 59.4 Å². The molecule has 0 aliphatic carbocycles. The van der Waals surface area contributed by atoms with Crippen molar-refractivity contribution in [1.29, 1.82) is 0 Å². The molecule has 5 rings (SSSR count). The van der Waals surface area contributed by atoms with Crippen molar-refractivity contribution in [3.8, 4) is 0 Å². The van der Waals surface area contributed by atoms with Gasteiger partial charge in [-0.05, 0) is 31.5 Å². The second-order valence-electron chi connectivity index (χ2n) is 8.21. The number of rotatable bonds is 4. The Morgan fingerprint density at radius 2 is 1.72 bits per heavy atom. The molecule has 1 atom stereocenters. The van der Waals surface area contributed by atoms with Gasteiger partial charge in [0.2, 0.25) is 5.91 Å². The van der Waals surface area contributed by atoms with E-state index < -0.39 is 6.04 Å². The summed E-state index contributed by atoms with van der Waals surface area (Å²) in [7, 11) is 0. The lowest BCUT2D eigenvalue weighted by Crippen LogP contribution is -2.51. The summed E-state index contributed by atoms with van der Waals surface area (Å²) in [6.45, 7) is 6.71. The van der Waals surface area contributed by atoms with Gasteiger partial charge in [0.25, 0.3) is 5.56 Å². The van der Waals surface area contributed by atoms with E-state index >= 15 is 0 Å². The van der Waals surface area contributed by atoms with Crippen LogP contribution in [0.4, 0.5) is 5.69 Å². The molecule has 4 aromatic rings. The normalized spacial score (nSPS) is 15.4. The minimum atomic E-state index is -0.590. The number of thiophene rings is 1. The van der Waals surface area contributed by atoms with Gasteiger partial charge in [0.1, 0.15) is 6.04 Å². The Hall–Kier alpha value is -3.19. The van der Waals surface area contributed by atoms with Crippen LogP contribution in [0.3, 0.4) is 0 Å². The second-order valence-corrected chi connectivity index (χ2v) is 9.26. The molecule has 1 saturated heterocycles. The minimum Gasteiger partial charge on any atom is -0.368 e. The van der Waals surface area contributed by atoms with Crippen molar-refractivity contribution in [2.24, 2.45) is 0 Å². The third kappa shape index (κ3) is 3.46. The van der Waals surface area contributed by atoms with Crippen LogP contribution < -0.4 is 10.5 Å². The highest BCUT2D eigenvalue weighted by Crippen LogP contribution is 2.33. The Balaban J connectivity index is 1.45. The van der Waals surface area contributed by atoms with Crippen molar-refractivity contribution in [3.05, 3.63) is 70.6 Å². The molecule has 1 aliphatic rings. The van der Waals surface area contributed by atoms with Crippen molar-refractivity contribution in [2.45, 2.75) is 26.3 Å². The highest BCUT2D eigenvalue weighted by atomic mass is 32.1. The number of anilines is 1. The van der Waals surface area contributed by atoms with Crippen molar-refractivity contribution in [1.82, 2.24) is 14.7 Å². The lowest BCUT2D eigenvalue weighted by molar-refractivity contribution is -0.135. The summed E-state index contributed by atoms with van der Waals surface area (Å²) >= 11 is 1.59. The number of piperazine rings is 1. The third-order valence-electron chi connectivity index (χ3n) is 6.28. The molecule has 2 aromatic heterocycles. The molecular formula is C25H26N4O2S. The monoisotopic (exact) mass is 446 g/mol. The molecule has 1 fully saturated rings. The maximum absolute atomic E-state index is 13.5. The van der Waals surface area contributed by atoms with Gasteiger partial charge >= 0.3 is 0 Å². The number of nitrogens with zero attached hydrogens (tertiary/aromatic N) is 4. The van der Waals surface area contributed by atoms with Crippen molar-refractivity contribution >= 4 is 43.1 Å². The first kappa shape index (κ1) is 20.7. The van der Waals surface area contributed by atoms with Gasteiger partial charge in [0.05, 0.1) is 15.8 Å². The molecule has 0 spiro atoms. The van der Waals surface area contributed by atoms with E-state index in [1.807, 2.05) is 61.2 Å². The molecule has 0 N–H and O–H groups in total. The van der Waals surface area contributed by atoms with E-state index in [2.05, 4.69) is 22.1 Å². The lowest BCUT2D eigenvalue weighted by Gasteiger charge is -2.37. The molecule has 32 heavy (non-hydrogen) atoms. The Kier molecular flexibility index (Phi) is 5.43. The van der Waals surface area contributed by atoms with E-state index in [4.69, 9.17) is 0 Å². The van der Waals surface area contributed by atoms with Crippen molar-refractivity contribution < 1.29 is 4.79 Å². The summed E-state index contributed by atoms with van der Waals surface area (Å²) in [5.74, 6) is -0.0203. The molecule has 0 unspecified atom stereocenters. The number of para-hydroxylation sites is 1. The van der Waals surface area contributed by atoms with Crippen LogP contribution in [0.2, 0.25) is 0 Å². The van der Waals surface area contributed by atoms with E-state index in [-0.39, 0.29) is 11.5 Å². The molecule has 7 heteroatoms. The Labute approximate surface area is 190 Å². The minimum absolute atomic E-state index is 0.0203. The van der Waals surface area contributed by atoms with Crippen LogP contribution in [-0.4, -0.2) is 46.8 Å². The largest absolute Gasteiger partial charge is 0.368 e. The predicted octanol–water partition coefficient (Wildman–Crippen LogP) is 4.22. The van der Waals surface area contributed by atoms with E-state index in [0.717, 1.165) is 33.6 Å². The average Bonchev–Trinajstić information content (AvgIpc) is 3.24. The first-order chi connectivity index (χ1) is 15.6. The van der Waals surface area contributed by atoms with Crippen LogP contribution in [0.25, 0.3) is 20.2 Å². The maximum atomic E-state index is 13.5. The Bertz CT molecular complexity index is 1340. The average molecular weight is 447 g/mol. The number of carbonyl (C=O) groups is 1. The number of hydrogen-bond donors (Lipinski definition) is 0. The Morgan fingerprint density at radius 1 is 1.03 bits per heavy atom. The smallest absolute Gasteiger partial charge is 0.276 e. The molecule has 2 aromatic carbocycles. The van der Waals surface area contributed by atoms with Gasteiger partial charge in [-0.15, -0.1) is 11.3 Å². The van der Waals surface area contributed by atoms with E-state index in [9.17, 15) is 9.59 Å². The summed E-state index contributed by atoms with van der Waals surface area (Å²) in [6.07, 6.45) is 0.525. The van der Waals surface area contributed by atoms with Gasteiger partial charge in [0, 0.05) is 42.0 Å². The number of benzene rings is 2. The fraction of sp³-hybridized carbons (Fsp3) is 0.320. The molecule has 164 valence electrons. The summed E-state index contributed by atoms with van der Waals surface area (Å²) in [4.78, 5) is 31.2. The molecular weight excluding hydrogens is 420 g/mol. The molecule has 0 radical (unpaired) electrons. The van der Waals surface area contributed by atoms with Gasteiger partial charge in [-0.1, -0.05) is 43.3 Å². The maximum Gasteiger partial charge on any atom is 0.276 e. The van der Waals surface area contributed by atoms with Crippen LogP contribution in [-0.2, 0) is 4.79 Å². The zero-order valence-corrected chi connectivity index (χ0v) is 19.1. The summed E-state index contributed by atoms with van der Waals surface area (Å²) < 4.78 is 3.41. The molecule has 6 nitrogen and oxygen atoms in total. The third-order valence-corrected chi connectivity index (χ3v) is 7.56. The van der Waals surface area contributed by atoms with Crippen molar-refractivity contribution in [3.63, 3.8) is 0 Å². The molecule has 1 amide bonds. The zero-order chi connectivity index (χ0) is 22.2. The number of aryl methyl sites for hydroxylation is 1. The van der Waals surface area contributed by atoms with Crippen molar-refractivity contribution in [2.75, 3.05) is 31.1 Å². The fourth-order valence-corrected chi connectivity index (χ4v) is 5.71. The summed E-state index contributed by atoms with van der Waals surface area (Å²) in [5, 5.41) is 6.22. The highest BCUT2D eigenvalue weighted by molar-refractivity contribution is 7.26. The number of amides is 1. The zero-order valence-electron chi connectivity index (χ0n) is 18.3. The summed E-state index contributed by atoms with van der Waals surface area (Å²) in [6, 6.07) is 17.6. The molecule has 0 bridgehead atoms. The fourth-order valence-electron chi connectivity index (χ4n) is 4.58. The van der Waals surface area contributed by atoms with Gasteiger partial charge in [-0.25, -0.2) is 4.68 Å². The SMILES string of the molecule is CC[C@H](C(=O)N1CCN(c2ccccc2)CC1)n1nc(C)c2sc3ccccc3c2c1=O. The van der Waals surface area contributed by atoms with Crippen LogP contribution in [0.1, 0.15) is 25.1 Å². The van der Waals surface area contributed by atoms with Gasteiger partial charge in [-0.3, -0.25) is 9.59 Å². The number of carbonyl (C=O) groups excluding carboxylic acids is 1. The van der Waals surface area contributed by atoms with E-state index in [1.165, 1.54) is 10.4 Å². The first-order valence-electron chi connectivity index (χ1n) is 11.1. The molecule has 3 heterocycles. The van der Waals surface area contributed by atoms with E-state index in [1.54, 1.807) is 11.3 Å². The molecule has 1 aliphatic heterocycles. The Morgan fingerprint density at radius 3 is 2.44 bits per heavy atom. The lowest BCUT2D eigenvalue weighted by atomic mass is 10.1. The van der Waals surface area contributed by atoms with Crippen LogP contribution in [0.5, 0.6) is 0 Å². The van der Waals surface area contributed by atoms with Gasteiger partial charge in [-0.2, -0.15) is 5.10 Å². The topological polar surface area (TPSA) is 58.4 Å². The molecule has 0 saturated carbocycles. The quantitative estimate of drug-likeness (QED) is 0.471. The standard InChI is InChI=1S/C25H26N4O2S/c1-3-20(24(30)28-15-13-27(14-16-28)18-9-5-4-6-10-18)29-25(31)22-19-11-7-8-12-21(19)32-23(22)17(2)26-29/h4-12,20H,3,13-16H2,1-2H3/t20-/m1/s1. The second kappa shape index (κ2) is 8.39. The van der Waals surface area contributed by atoms with Crippen LogP contribution in [0, 0.1) is 6.92 Å². The predicted molar refractivity (Wildman–Crippen MR) is 131 cm³/mol. The van der Waals surface area contributed by atoms with Crippen LogP contribution >= 0.6 is 11.3 Å². The number of fused-ring (bicyclic) bond motifs is 3. The van der Waals surface area contributed by atoms with Gasteiger partial charge in [0.15, 0.2) is 0 Å². The number of aromatic nitrogens is 2. The first-order valence-corrected chi connectivity index (χ1v) is 11.9. The summed E-state index contributed by atoms with van der Waals surface area (Å²) in [5.41, 5.74) is 1.79. The van der Waals surface area contributed by atoms with E-state index in [0.29, 0.717) is 24.9 Å². The van der Waals surface area contributed by atoms with Gasteiger partial charge < -0.3 is 9.80 Å². The number of hydrogen-bond acceptors (Lipinski definition) is 5. The highest BCUT2D eigenvalue weighted by Gasteiger charge is 2.30.